The van der Waals surface area contributed by atoms with E-state index in [1.54, 1.807) is 11.3 Å². The van der Waals surface area contributed by atoms with Crippen LogP contribution in [-0.2, 0) is 11.2 Å². The maximum Gasteiger partial charge on any atom is 0.237 e. The number of nitrogens with one attached hydrogen (secondary N) is 1. The summed E-state index contributed by atoms with van der Waals surface area (Å²) in [5.74, 6) is -0.0637. The Bertz CT molecular complexity index is 539. The lowest BCUT2D eigenvalue weighted by molar-refractivity contribution is -0.123. The molecule has 1 aromatic carbocycles. The highest BCUT2D eigenvalue weighted by atomic mass is 32.1. The van der Waals surface area contributed by atoms with E-state index < -0.39 is 6.04 Å². The average Bonchev–Trinajstić information content (AvgIpc) is 3.05. The molecule has 0 aliphatic carbocycles. The van der Waals surface area contributed by atoms with Crippen molar-refractivity contribution in [3.8, 4) is 0 Å². The van der Waals surface area contributed by atoms with Gasteiger partial charge in [0.15, 0.2) is 0 Å². The van der Waals surface area contributed by atoms with E-state index in [0.717, 1.165) is 12.8 Å². The highest BCUT2D eigenvalue weighted by molar-refractivity contribution is 7.10. The molecule has 112 valence electrons. The lowest BCUT2D eigenvalue weighted by atomic mass is 10.0. The van der Waals surface area contributed by atoms with E-state index in [4.69, 9.17) is 5.73 Å². The Kier molecular flexibility index (Phi) is 5.96. The zero-order chi connectivity index (χ0) is 15.1. The van der Waals surface area contributed by atoms with Crippen LogP contribution in [0.15, 0.2) is 47.8 Å². The third kappa shape index (κ3) is 4.69. The van der Waals surface area contributed by atoms with Gasteiger partial charge in [-0.2, -0.15) is 0 Å². The molecule has 0 spiro atoms. The highest BCUT2D eigenvalue weighted by Crippen LogP contribution is 2.21. The van der Waals surface area contributed by atoms with E-state index in [0.29, 0.717) is 6.42 Å². The van der Waals surface area contributed by atoms with Crippen LogP contribution in [0.1, 0.15) is 36.2 Å². The van der Waals surface area contributed by atoms with E-state index in [9.17, 15) is 4.79 Å². The number of thiophene rings is 1. The molecular weight excluding hydrogens is 280 g/mol. The van der Waals surface area contributed by atoms with Crippen LogP contribution < -0.4 is 11.1 Å². The SMILES string of the molecule is CCC(NC(=O)[C@@H](N)CCc1ccccc1)c1cccs1. The molecule has 0 aliphatic rings. The molecule has 1 unspecified atom stereocenters. The van der Waals surface area contributed by atoms with E-state index >= 15 is 0 Å². The molecule has 0 bridgehead atoms. The van der Waals surface area contributed by atoms with Crippen molar-refractivity contribution >= 4 is 17.2 Å². The van der Waals surface area contributed by atoms with Crippen LogP contribution in [0.5, 0.6) is 0 Å². The Labute approximate surface area is 130 Å². The largest absolute Gasteiger partial charge is 0.347 e. The first-order valence-corrected chi connectivity index (χ1v) is 8.22. The second-order valence-corrected chi connectivity index (χ2v) is 6.09. The minimum Gasteiger partial charge on any atom is -0.347 e. The van der Waals surface area contributed by atoms with Gasteiger partial charge in [0.25, 0.3) is 0 Å². The first-order valence-electron chi connectivity index (χ1n) is 7.34. The van der Waals surface area contributed by atoms with Gasteiger partial charge in [-0.05, 0) is 36.3 Å². The predicted octanol–water partition coefficient (Wildman–Crippen LogP) is 3.28. The maximum absolute atomic E-state index is 12.2. The zero-order valence-corrected chi connectivity index (χ0v) is 13.1. The summed E-state index contributed by atoms with van der Waals surface area (Å²) < 4.78 is 0. The van der Waals surface area contributed by atoms with Crippen molar-refractivity contribution in [1.29, 1.82) is 0 Å². The highest BCUT2D eigenvalue weighted by Gasteiger charge is 2.18. The van der Waals surface area contributed by atoms with Crippen LogP contribution in [0.2, 0.25) is 0 Å². The Hall–Kier alpha value is -1.65. The number of rotatable bonds is 7. The lowest BCUT2D eigenvalue weighted by Gasteiger charge is -2.19. The van der Waals surface area contributed by atoms with Crippen molar-refractivity contribution in [2.45, 2.75) is 38.3 Å². The number of nitrogens with two attached hydrogens (primary N) is 1. The van der Waals surface area contributed by atoms with Crippen LogP contribution in [0.4, 0.5) is 0 Å². The molecule has 4 heteroatoms. The molecule has 1 amide bonds. The van der Waals surface area contributed by atoms with E-state index in [1.807, 2.05) is 29.6 Å². The molecule has 0 aliphatic heterocycles. The summed E-state index contributed by atoms with van der Waals surface area (Å²) in [4.78, 5) is 13.4. The molecule has 0 saturated heterocycles. The number of hydrogen-bond donors (Lipinski definition) is 2. The summed E-state index contributed by atoms with van der Waals surface area (Å²) in [5, 5.41) is 5.08. The second kappa shape index (κ2) is 7.96. The van der Waals surface area contributed by atoms with Gasteiger partial charge in [0.2, 0.25) is 5.91 Å². The van der Waals surface area contributed by atoms with Gasteiger partial charge < -0.3 is 11.1 Å². The summed E-state index contributed by atoms with van der Waals surface area (Å²) in [5.41, 5.74) is 7.23. The summed E-state index contributed by atoms with van der Waals surface area (Å²) >= 11 is 1.66. The minimum atomic E-state index is -0.459. The summed E-state index contributed by atoms with van der Waals surface area (Å²) in [6.07, 6.45) is 2.36. The van der Waals surface area contributed by atoms with E-state index in [2.05, 4.69) is 30.4 Å². The smallest absolute Gasteiger partial charge is 0.237 e. The molecule has 0 fully saturated rings. The third-order valence-corrected chi connectivity index (χ3v) is 4.52. The molecule has 3 N–H and O–H groups in total. The number of carbonyl (C=O) groups excluding carboxylic acids is 1. The number of amides is 1. The molecule has 1 heterocycles. The summed E-state index contributed by atoms with van der Waals surface area (Å²) in [6.45, 7) is 2.07. The molecule has 1 aromatic heterocycles. The van der Waals surface area contributed by atoms with Gasteiger partial charge in [0.05, 0.1) is 12.1 Å². The van der Waals surface area contributed by atoms with Crippen LogP contribution in [0, 0.1) is 0 Å². The van der Waals surface area contributed by atoms with Crippen molar-refractivity contribution < 1.29 is 4.79 Å². The van der Waals surface area contributed by atoms with Gasteiger partial charge in [0, 0.05) is 4.88 Å². The topological polar surface area (TPSA) is 55.1 Å². The lowest BCUT2D eigenvalue weighted by Crippen LogP contribution is -2.42. The molecule has 0 radical (unpaired) electrons. The van der Waals surface area contributed by atoms with Crippen LogP contribution in [0.25, 0.3) is 0 Å². The predicted molar refractivity (Wildman–Crippen MR) is 88.2 cm³/mol. The Morgan fingerprint density at radius 2 is 2.00 bits per heavy atom. The monoisotopic (exact) mass is 302 g/mol. The fourth-order valence-electron chi connectivity index (χ4n) is 2.24. The van der Waals surface area contributed by atoms with E-state index in [1.165, 1.54) is 10.4 Å². The minimum absolute atomic E-state index is 0.0637. The molecule has 0 saturated carbocycles. The number of carbonyl (C=O) groups is 1. The van der Waals surface area contributed by atoms with Crippen molar-refractivity contribution in [2.24, 2.45) is 5.73 Å². The molecular formula is C17H22N2OS. The standard InChI is InChI=1S/C17H22N2OS/c1-2-15(16-9-6-12-21-16)19-17(20)14(18)11-10-13-7-4-3-5-8-13/h3-9,12,14-15H,2,10-11,18H2,1H3,(H,19,20)/t14-,15?/m0/s1. The van der Waals surface area contributed by atoms with Gasteiger partial charge in [-0.1, -0.05) is 43.3 Å². The Balaban J connectivity index is 1.84. The molecule has 2 rings (SSSR count). The van der Waals surface area contributed by atoms with Gasteiger partial charge in [-0.3, -0.25) is 4.79 Å². The van der Waals surface area contributed by atoms with Crippen LogP contribution in [0.3, 0.4) is 0 Å². The van der Waals surface area contributed by atoms with Gasteiger partial charge in [0.1, 0.15) is 0 Å². The number of benzene rings is 1. The normalized spacial score (nSPS) is 13.6. The number of hydrogen-bond acceptors (Lipinski definition) is 3. The van der Waals surface area contributed by atoms with Gasteiger partial charge in [-0.15, -0.1) is 11.3 Å². The van der Waals surface area contributed by atoms with Crippen molar-refractivity contribution in [3.05, 3.63) is 58.3 Å². The molecule has 3 nitrogen and oxygen atoms in total. The maximum atomic E-state index is 12.2. The average molecular weight is 302 g/mol. The first-order chi connectivity index (χ1) is 10.2. The van der Waals surface area contributed by atoms with Crippen LogP contribution >= 0.6 is 11.3 Å². The Morgan fingerprint density at radius 3 is 2.62 bits per heavy atom. The summed E-state index contributed by atoms with van der Waals surface area (Å²) in [6, 6.07) is 13.8. The third-order valence-electron chi connectivity index (χ3n) is 3.53. The second-order valence-electron chi connectivity index (χ2n) is 5.12. The quantitative estimate of drug-likeness (QED) is 0.824. The van der Waals surface area contributed by atoms with Crippen molar-refractivity contribution in [1.82, 2.24) is 5.32 Å². The van der Waals surface area contributed by atoms with Crippen molar-refractivity contribution in [2.75, 3.05) is 0 Å². The fraction of sp³-hybridized carbons (Fsp3) is 0.353. The van der Waals surface area contributed by atoms with Crippen molar-refractivity contribution in [3.63, 3.8) is 0 Å². The van der Waals surface area contributed by atoms with E-state index in [-0.39, 0.29) is 11.9 Å². The molecule has 2 aromatic rings. The molecule has 2 atom stereocenters. The van der Waals surface area contributed by atoms with Gasteiger partial charge >= 0.3 is 0 Å². The number of aryl methyl sites for hydroxylation is 1. The van der Waals surface area contributed by atoms with Crippen LogP contribution in [-0.4, -0.2) is 11.9 Å². The Morgan fingerprint density at radius 1 is 1.24 bits per heavy atom. The summed E-state index contributed by atoms with van der Waals surface area (Å²) in [7, 11) is 0. The first kappa shape index (κ1) is 15.7. The van der Waals surface area contributed by atoms with Gasteiger partial charge in [-0.25, -0.2) is 0 Å². The zero-order valence-electron chi connectivity index (χ0n) is 12.3. The molecule has 21 heavy (non-hydrogen) atoms. The fourth-order valence-corrected chi connectivity index (χ4v) is 3.10.